The molecule has 0 bridgehead atoms. The van der Waals surface area contributed by atoms with Gasteiger partial charge in [0.1, 0.15) is 35.2 Å². The maximum absolute atomic E-state index is 16.1. The van der Waals surface area contributed by atoms with E-state index in [0.717, 1.165) is 18.4 Å². The average Bonchev–Trinajstić information content (AvgIpc) is 4.07. The lowest BCUT2D eigenvalue weighted by Crippen LogP contribution is -2.51. The molecule has 2 aromatic heterocycles. The van der Waals surface area contributed by atoms with Crippen LogP contribution in [0.3, 0.4) is 0 Å². The molecule has 4 heterocycles. The number of benzene rings is 2. The molecule has 0 aliphatic carbocycles. The van der Waals surface area contributed by atoms with Gasteiger partial charge in [0.05, 0.1) is 50.0 Å². The molecule has 2 aromatic carbocycles. The van der Waals surface area contributed by atoms with Crippen LogP contribution in [0.2, 0.25) is 0 Å². The van der Waals surface area contributed by atoms with Crippen molar-refractivity contribution in [3.05, 3.63) is 83.6 Å². The summed E-state index contributed by atoms with van der Waals surface area (Å²) >= 11 is 0. The second-order valence-corrected chi connectivity index (χ2v) is 15.2. The van der Waals surface area contributed by atoms with Crippen LogP contribution in [0.5, 0.6) is 0 Å². The maximum Gasteiger partial charge on any atom is 0.407 e. The molecule has 4 amide bonds. The summed E-state index contributed by atoms with van der Waals surface area (Å²) in [5.74, 6) is 11.3. The van der Waals surface area contributed by atoms with E-state index in [1.807, 2.05) is 64.1 Å². The summed E-state index contributed by atoms with van der Waals surface area (Å²) in [5.41, 5.74) is 3.09. The van der Waals surface area contributed by atoms with Crippen LogP contribution in [-0.2, 0) is 19.1 Å². The fourth-order valence-electron chi connectivity index (χ4n) is 7.53. The Morgan fingerprint density at radius 2 is 1.31 bits per heavy atom. The number of aromatic nitrogens is 4. The van der Waals surface area contributed by atoms with Crippen molar-refractivity contribution >= 4 is 24.0 Å². The van der Waals surface area contributed by atoms with Crippen LogP contribution < -0.4 is 10.6 Å². The van der Waals surface area contributed by atoms with Gasteiger partial charge in [-0.15, -0.1) is 0 Å². The number of hydrogen-bond acceptors (Lipinski definition) is 8. The van der Waals surface area contributed by atoms with E-state index < -0.39 is 30.1 Å². The largest absolute Gasteiger partial charge is 0.453 e. The number of aromatic amines is 2. The van der Waals surface area contributed by atoms with Crippen LogP contribution in [0, 0.1) is 41.3 Å². The predicted octanol–water partition coefficient (Wildman–Crippen LogP) is 6.10. The summed E-state index contributed by atoms with van der Waals surface area (Å²) in [4.78, 5) is 70.2. The van der Waals surface area contributed by atoms with Gasteiger partial charge >= 0.3 is 12.2 Å². The Labute approximate surface area is 343 Å². The van der Waals surface area contributed by atoms with Gasteiger partial charge in [-0.2, -0.15) is 0 Å². The third-order valence-electron chi connectivity index (χ3n) is 10.6. The number of methoxy groups -OCH3 is 2. The standard InChI is InChI=1S/C44H49FN8O6/c1-26(2)37(50-43(56)58-5)41(54)52-20-12-18-35(52)39-46-24-30(48-39)16-10-11-17-31-32(28-14-8-7-9-15-28)22-29(23-33(31)45)34-25-47-40(49-34)36-19-13-21-53(36)42(55)38(27(3)4)51-44(57)59-6/h7-9,14-15,22-27,35-38H,12-13,18-21H2,1-6H3,(H,46,48)(H,47,49)(H,50,56)(H,51,57)/t35-,36-,37-,38-/m0/s1. The maximum atomic E-state index is 16.1. The molecular weight excluding hydrogens is 756 g/mol. The minimum absolute atomic E-state index is 0.157. The van der Waals surface area contributed by atoms with Crippen molar-refractivity contribution in [2.45, 2.75) is 77.5 Å². The first-order valence-corrected chi connectivity index (χ1v) is 19.7. The van der Waals surface area contributed by atoms with Crippen LogP contribution in [0.15, 0.2) is 54.9 Å². The van der Waals surface area contributed by atoms with Crippen LogP contribution in [0.25, 0.3) is 22.4 Å². The number of ether oxygens (including phenoxy) is 2. The predicted molar refractivity (Wildman–Crippen MR) is 217 cm³/mol. The summed E-state index contributed by atoms with van der Waals surface area (Å²) in [5, 5.41) is 5.31. The average molecular weight is 805 g/mol. The number of hydrogen-bond donors (Lipinski definition) is 4. The summed E-state index contributed by atoms with van der Waals surface area (Å²) in [7, 11) is 2.52. The highest BCUT2D eigenvalue weighted by molar-refractivity contribution is 5.87. The summed E-state index contributed by atoms with van der Waals surface area (Å²) < 4.78 is 25.6. The number of amides is 4. The highest BCUT2D eigenvalue weighted by atomic mass is 19.1. The van der Waals surface area contributed by atoms with Crippen molar-refractivity contribution in [1.29, 1.82) is 0 Å². The van der Waals surface area contributed by atoms with Crippen molar-refractivity contribution in [3.63, 3.8) is 0 Å². The van der Waals surface area contributed by atoms with Gasteiger partial charge in [-0.3, -0.25) is 9.59 Å². The smallest absolute Gasteiger partial charge is 0.407 e. The Morgan fingerprint density at radius 1 is 0.763 bits per heavy atom. The molecule has 4 aromatic rings. The Hall–Kier alpha value is -6.61. The second kappa shape index (κ2) is 18.8. The first-order valence-electron chi connectivity index (χ1n) is 19.7. The zero-order valence-corrected chi connectivity index (χ0v) is 34.0. The fourth-order valence-corrected chi connectivity index (χ4v) is 7.53. The number of carbonyl (C=O) groups excluding carboxylic acids is 4. The monoisotopic (exact) mass is 804 g/mol. The molecule has 0 spiro atoms. The Kier molecular flexibility index (Phi) is 13.4. The minimum atomic E-state index is -0.766. The summed E-state index contributed by atoms with van der Waals surface area (Å²) in [6, 6.07) is 10.4. The van der Waals surface area contributed by atoms with Gasteiger partial charge in [0, 0.05) is 24.2 Å². The molecule has 0 radical (unpaired) electrons. The van der Waals surface area contributed by atoms with Crippen molar-refractivity contribution in [1.82, 2.24) is 40.4 Å². The van der Waals surface area contributed by atoms with Crippen LogP contribution in [-0.4, -0.2) is 93.1 Å². The number of likely N-dealkylation sites (tertiary alicyclic amines) is 2. The number of alkyl carbamates (subject to hydrolysis) is 2. The van der Waals surface area contributed by atoms with E-state index in [9.17, 15) is 19.2 Å². The molecule has 2 aliphatic rings. The molecule has 2 fully saturated rings. The lowest BCUT2D eigenvalue weighted by Gasteiger charge is -2.30. The topological polar surface area (TPSA) is 175 Å². The number of imidazole rings is 2. The van der Waals surface area contributed by atoms with Crippen molar-refractivity contribution in [2.24, 2.45) is 11.8 Å². The first-order chi connectivity index (χ1) is 28.4. The van der Waals surface area contributed by atoms with E-state index in [2.05, 4.69) is 54.3 Å². The molecule has 308 valence electrons. The zero-order valence-electron chi connectivity index (χ0n) is 34.0. The van der Waals surface area contributed by atoms with Crippen LogP contribution in [0.4, 0.5) is 14.0 Å². The summed E-state index contributed by atoms with van der Waals surface area (Å²) in [6.45, 7) is 8.46. The molecule has 0 saturated carbocycles. The lowest BCUT2D eigenvalue weighted by atomic mass is 9.96. The normalized spacial score (nSPS) is 17.1. The van der Waals surface area contributed by atoms with E-state index in [1.54, 1.807) is 22.2 Å². The molecule has 59 heavy (non-hydrogen) atoms. The van der Waals surface area contributed by atoms with E-state index in [1.165, 1.54) is 20.3 Å². The molecule has 0 unspecified atom stereocenters. The van der Waals surface area contributed by atoms with Gasteiger partial charge in [0.2, 0.25) is 11.8 Å². The highest BCUT2D eigenvalue weighted by Crippen LogP contribution is 2.35. The SMILES string of the molecule is COC(=O)N[C@H](C(=O)N1CCC[C@H]1c1ncc(C#CC#Cc2c(F)cc(-c3cnc([C@@H]4CCCN4C(=O)[C@@H](NC(=O)OC)C(C)C)[nH]3)cc2-c2ccccc2)[nH]1)C(C)C. The molecule has 6 rings (SSSR count). The molecular formula is C44H49FN8O6. The number of halogens is 1. The first kappa shape index (κ1) is 42.0. The summed E-state index contributed by atoms with van der Waals surface area (Å²) in [6.07, 6.45) is 4.77. The molecule has 2 saturated heterocycles. The number of nitrogens with zero attached hydrogens (tertiary/aromatic N) is 4. The van der Waals surface area contributed by atoms with Crippen LogP contribution >= 0.6 is 0 Å². The Bertz CT molecular complexity index is 2300. The van der Waals surface area contributed by atoms with E-state index in [4.69, 9.17) is 9.47 Å². The van der Waals surface area contributed by atoms with Gasteiger partial charge < -0.3 is 39.9 Å². The Morgan fingerprint density at radius 3 is 1.86 bits per heavy atom. The minimum Gasteiger partial charge on any atom is -0.453 e. The Balaban J connectivity index is 1.22. The molecule has 4 atom stereocenters. The van der Waals surface area contributed by atoms with Gasteiger partial charge in [0.15, 0.2) is 0 Å². The zero-order chi connectivity index (χ0) is 42.2. The third-order valence-corrected chi connectivity index (χ3v) is 10.6. The van der Waals surface area contributed by atoms with Crippen molar-refractivity contribution in [2.75, 3.05) is 27.3 Å². The highest BCUT2D eigenvalue weighted by Gasteiger charge is 2.39. The van der Waals surface area contributed by atoms with E-state index >= 15 is 4.39 Å². The van der Waals surface area contributed by atoms with Crippen molar-refractivity contribution < 1.29 is 33.0 Å². The van der Waals surface area contributed by atoms with Gasteiger partial charge in [-0.1, -0.05) is 58.0 Å². The van der Waals surface area contributed by atoms with Gasteiger partial charge in [-0.25, -0.2) is 23.9 Å². The number of nitrogens with one attached hydrogen (secondary N) is 4. The van der Waals surface area contributed by atoms with Crippen LogP contribution in [0.1, 0.15) is 88.4 Å². The quantitative estimate of drug-likeness (QED) is 0.139. The third kappa shape index (κ3) is 9.58. The van der Waals surface area contributed by atoms with E-state index in [0.29, 0.717) is 60.1 Å². The van der Waals surface area contributed by atoms with Gasteiger partial charge in [-0.05, 0) is 78.9 Å². The number of H-pyrrole nitrogens is 2. The van der Waals surface area contributed by atoms with E-state index in [-0.39, 0.29) is 41.3 Å². The number of rotatable bonds is 10. The molecule has 14 nitrogen and oxygen atoms in total. The van der Waals surface area contributed by atoms with Gasteiger partial charge in [0.25, 0.3) is 0 Å². The second-order valence-electron chi connectivity index (χ2n) is 15.2. The lowest BCUT2D eigenvalue weighted by molar-refractivity contribution is -0.136. The van der Waals surface area contributed by atoms with Crippen molar-refractivity contribution in [3.8, 4) is 46.1 Å². The fraction of sp³-hybridized carbons (Fsp3) is 0.409. The molecule has 15 heteroatoms. The molecule has 2 aliphatic heterocycles. The molecule has 4 N–H and O–H groups in total. The number of carbonyl (C=O) groups is 4.